The number of hydrogen-bond acceptors (Lipinski definition) is 3. The summed E-state index contributed by atoms with van der Waals surface area (Å²) in [4.78, 5) is 12.0. The van der Waals surface area contributed by atoms with Crippen LogP contribution < -0.4 is 0 Å². The maximum absolute atomic E-state index is 12.0. The number of rotatable bonds is 1. The zero-order chi connectivity index (χ0) is 12.0. The third-order valence-electron chi connectivity index (χ3n) is 3.49. The standard InChI is InChI=1S/C14H14O3/c1-2-8-7-11-13(16)12(15)9-5-3-4-6-10(9)14(11)17-8/h3-6,8,13,16H,2,7H2,1H3/t8?,13-/m0/s1. The molecule has 0 bridgehead atoms. The fraction of sp³-hybridized carbons (Fsp3) is 0.357. The smallest absolute Gasteiger partial charge is 0.196 e. The third kappa shape index (κ3) is 1.42. The number of benzene rings is 1. The van der Waals surface area contributed by atoms with Crippen LogP contribution in [0.25, 0.3) is 5.76 Å². The molecular weight excluding hydrogens is 216 g/mol. The Bertz CT molecular complexity index is 516. The molecule has 88 valence electrons. The summed E-state index contributed by atoms with van der Waals surface area (Å²) in [5.41, 5.74) is 2.14. The van der Waals surface area contributed by atoms with Crippen molar-refractivity contribution in [2.24, 2.45) is 0 Å². The van der Waals surface area contributed by atoms with Crippen molar-refractivity contribution < 1.29 is 14.6 Å². The van der Waals surface area contributed by atoms with E-state index < -0.39 is 6.10 Å². The van der Waals surface area contributed by atoms with E-state index in [1.54, 1.807) is 12.1 Å². The Kier molecular flexibility index (Phi) is 2.30. The molecule has 3 heteroatoms. The first-order valence-electron chi connectivity index (χ1n) is 5.93. The fourth-order valence-electron chi connectivity index (χ4n) is 2.52. The summed E-state index contributed by atoms with van der Waals surface area (Å²) in [6.45, 7) is 2.04. The van der Waals surface area contributed by atoms with Crippen LogP contribution in [0.2, 0.25) is 0 Å². The summed E-state index contributed by atoms with van der Waals surface area (Å²) in [5, 5.41) is 10.0. The molecule has 17 heavy (non-hydrogen) atoms. The van der Waals surface area contributed by atoms with Gasteiger partial charge in [-0.3, -0.25) is 4.79 Å². The second-order valence-electron chi connectivity index (χ2n) is 4.52. The van der Waals surface area contributed by atoms with Crippen LogP contribution >= 0.6 is 0 Å². The van der Waals surface area contributed by atoms with Crippen molar-refractivity contribution in [3.63, 3.8) is 0 Å². The van der Waals surface area contributed by atoms with E-state index in [0.717, 1.165) is 23.3 Å². The van der Waals surface area contributed by atoms with Crippen molar-refractivity contribution in [3.8, 4) is 0 Å². The van der Waals surface area contributed by atoms with E-state index in [2.05, 4.69) is 0 Å². The van der Waals surface area contributed by atoms with E-state index in [0.29, 0.717) is 12.0 Å². The lowest BCUT2D eigenvalue weighted by Crippen LogP contribution is -2.27. The molecule has 3 rings (SSSR count). The Labute approximate surface area is 99.7 Å². The van der Waals surface area contributed by atoms with Gasteiger partial charge in [-0.1, -0.05) is 31.2 Å². The molecule has 1 aromatic carbocycles. The van der Waals surface area contributed by atoms with Crippen LogP contribution in [0.15, 0.2) is 29.8 Å². The minimum absolute atomic E-state index is 0.0913. The van der Waals surface area contributed by atoms with Crippen molar-refractivity contribution in [2.45, 2.75) is 32.0 Å². The lowest BCUT2D eigenvalue weighted by atomic mass is 9.86. The first-order chi connectivity index (χ1) is 8.22. The molecule has 1 unspecified atom stereocenters. The average molecular weight is 230 g/mol. The van der Waals surface area contributed by atoms with Crippen molar-refractivity contribution >= 4 is 11.5 Å². The van der Waals surface area contributed by atoms with Gasteiger partial charge in [0.05, 0.1) is 0 Å². The monoisotopic (exact) mass is 230 g/mol. The molecule has 0 fully saturated rings. The predicted octanol–water partition coefficient (Wildman–Crippen LogP) is 2.15. The highest BCUT2D eigenvalue weighted by Gasteiger charge is 2.39. The van der Waals surface area contributed by atoms with Crippen LogP contribution in [0.5, 0.6) is 0 Å². The Morgan fingerprint density at radius 2 is 2.06 bits per heavy atom. The molecule has 2 atom stereocenters. The summed E-state index contributed by atoms with van der Waals surface area (Å²) >= 11 is 0. The number of hydrogen-bond donors (Lipinski definition) is 1. The number of carbonyl (C=O) groups excluding carboxylic acids is 1. The van der Waals surface area contributed by atoms with Crippen molar-refractivity contribution in [2.75, 3.05) is 0 Å². The SMILES string of the molecule is CCC1CC2=C(O1)c1ccccc1C(=O)[C@H]2O. The molecular formula is C14H14O3. The highest BCUT2D eigenvalue weighted by Crippen LogP contribution is 2.41. The van der Waals surface area contributed by atoms with Crippen molar-refractivity contribution in [3.05, 3.63) is 41.0 Å². The van der Waals surface area contributed by atoms with Gasteiger partial charge in [0, 0.05) is 23.1 Å². The summed E-state index contributed by atoms with van der Waals surface area (Å²) in [7, 11) is 0. The minimum Gasteiger partial charge on any atom is -0.489 e. The Balaban J connectivity index is 2.14. The van der Waals surface area contributed by atoms with Crippen LogP contribution in [0.3, 0.4) is 0 Å². The maximum atomic E-state index is 12.0. The van der Waals surface area contributed by atoms with Gasteiger partial charge in [-0.15, -0.1) is 0 Å². The summed E-state index contributed by atoms with van der Waals surface area (Å²) < 4.78 is 5.83. The zero-order valence-corrected chi connectivity index (χ0v) is 9.64. The molecule has 3 nitrogen and oxygen atoms in total. The number of carbonyl (C=O) groups is 1. The molecule has 1 aromatic rings. The van der Waals surface area contributed by atoms with E-state index in [4.69, 9.17) is 4.74 Å². The highest BCUT2D eigenvalue weighted by molar-refractivity contribution is 6.08. The maximum Gasteiger partial charge on any atom is 0.196 e. The molecule has 1 N–H and O–H groups in total. The number of aliphatic hydroxyl groups excluding tert-OH is 1. The molecule has 0 spiro atoms. The molecule has 0 aromatic heterocycles. The molecule has 2 aliphatic rings. The molecule has 1 aliphatic heterocycles. The van der Waals surface area contributed by atoms with E-state index >= 15 is 0 Å². The first kappa shape index (κ1) is 10.5. The number of aliphatic hydroxyl groups is 1. The molecule has 0 amide bonds. The van der Waals surface area contributed by atoms with Crippen LogP contribution in [0.1, 0.15) is 35.7 Å². The Morgan fingerprint density at radius 1 is 1.35 bits per heavy atom. The average Bonchev–Trinajstić information content (AvgIpc) is 2.80. The lowest BCUT2D eigenvalue weighted by molar-refractivity contribution is 0.0798. The normalized spacial score (nSPS) is 26.6. The first-order valence-corrected chi connectivity index (χ1v) is 5.93. The van der Waals surface area contributed by atoms with Crippen molar-refractivity contribution in [1.82, 2.24) is 0 Å². The van der Waals surface area contributed by atoms with Gasteiger partial charge in [0.25, 0.3) is 0 Å². The topological polar surface area (TPSA) is 46.5 Å². The number of fused-ring (bicyclic) bond motifs is 2. The van der Waals surface area contributed by atoms with Crippen LogP contribution in [0.4, 0.5) is 0 Å². The molecule has 0 saturated carbocycles. The van der Waals surface area contributed by atoms with Crippen LogP contribution in [0, 0.1) is 0 Å². The number of ketones is 1. The molecule has 1 heterocycles. The fourth-order valence-corrected chi connectivity index (χ4v) is 2.52. The van der Waals surface area contributed by atoms with Gasteiger partial charge in [-0.05, 0) is 6.42 Å². The van der Waals surface area contributed by atoms with Gasteiger partial charge in [-0.25, -0.2) is 0 Å². The van der Waals surface area contributed by atoms with Crippen LogP contribution in [-0.4, -0.2) is 23.1 Å². The largest absolute Gasteiger partial charge is 0.489 e. The predicted molar refractivity (Wildman–Crippen MR) is 63.5 cm³/mol. The second kappa shape index (κ2) is 3.70. The van der Waals surface area contributed by atoms with E-state index in [-0.39, 0.29) is 11.9 Å². The van der Waals surface area contributed by atoms with E-state index in [1.165, 1.54) is 0 Å². The number of ether oxygens (including phenoxy) is 1. The van der Waals surface area contributed by atoms with Gasteiger partial charge in [0.2, 0.25) is 0 Å². The van der Waals surface area contributed by atoms with Crippen molar-refractivity contribution in [1.29, 1.82) is 0 Å². The summed E-state index contributed by atoms with van der Waals surface area (Å²) in [5.74, 6) is 0.513. The lowest BCUT2D eigenvalue weighted by Gasteiger charge is -2.20. The highest BCUT2D eigenvalue weighted by atomic mass is 16.5. The third-order valence-corrected chi connectivity index (χ3v) is 3.49. The zero-order valence-electron chi connectivity index (χ0n) is 9.64. The van der Waals surface area contributed by atoms with Crippen LogP contribution in [-0.2, 0) is 4.74 Å². The number of Topliss-reactive ketones (excluding diaryl/α,β-unsaturated/α-hetero) is 1. The van der Waals surface area contributed by atoms with Gasteiger partial charge in [0.1, 0.15) is 18.0 Å². The quantitative estimate of drug-likeness (QED) is 0.804. The van der Waals surface area contributed by atoms with Gasteiger partial charge < -0.3 is 9.84 Å². The summed E-state index contributed by atoms with van der Waals surface area (Å²) in [6.07, 6.45) is 0.619. The Hall–Kier alpha value is -1.61. The van der Waals surface area contributed by atoms with Gasteiger partial charge >= 0.3 is 0 Å². The second-order valence-corrected chi connectivity index (χ2v) is 4.52. The molecule has 1 aliphatic carbocycles. The van der Waals surface area contributed by atoms with E-state index in [1.807, 2.05) is 19.1 Å². The van der Waals surface area contributed by atoms with Gasteiger partial charge in [-0.2, -0.15) is 0 Å². The minimum atomic E-state index is -1.02. The van der Waals surface area contributed by atoms with E-state index in [9.17, 15) is 9.90 Å². The molecule has 0 saturated heterocycles. The molecule has 0 radical (unpaired) electrons. The summed E-state index contributed by atoms with van der Waals surface area (Å²) in [6, 6.07) is 7.32. The Morgan fingerprint density at radius 3 is 2.76 bits per heavy atom. The van der Waals surface area contributed by atoms with Gasteiger partial charge in [0.15, 0.2) is 5.78 Å².